The Labute approximate surface area is 94.6 Å². The van der Waals surface area contributed by atoms with Gasteiger partial charge in [0.1, 0.15) is 5.75 Å². The first-order valence-corrected chi connectivity index (χ1v) is 4.93. The fourth-order valence-corrected chi connectivity index (χ4v) is 1.35. The zero-order valence-corrected chi connectivity index (χ0v) is 9.88. The minimum atomic E-state index is -0.604. The minimum absolute atomic E-state index is 0.507. The summed E-state index contributed by atoms with van der Waals surface area (Å²) in [6.07, 6.45) is 0. The predicted molar refractivity (Wildman–Crippen MR) is 61.8 cm³/mol. The largest absolute Gasteiger partial charge is 0.496 e. The molecule has 4 nitrogen and oxygen atoms in total. The van der Waals surface area contributed by atoms with Gasteiger partial charge in [0, 0.05) is 12.6 Å². The van der Waals surface area contributed by atoms with Gasteiger partial charge < -0.3 is 10.1 Å². The summed E-state index contributed by atoms with van der Waals surface area (Å²) < 4.78 is 5.15. The summed E-state index contributed by atoms with van der Waals surface area (Å²) in [4.78, 5) is 22.1. The van der Waals surface area contributed by atoms with Crippen LogP contribution in [-0.4, -0.2) is 18.8 Å². The van der Waals surface area contributed by atoms with E-state index in [-0.39, 0.29) is 0 Å². The van der Waals surface area contributed by atoms with E-state index < -0.39 is 11.7 Å². The predicted octanol–water partition coefficient (Wildman–Crippen LogP) is 1.84. The van der Waals surface area contributed by atoms with Gasteiger partial charge >= 0.3 is 0 Å². The van der Waals surface area contributed by atoms with Gasteiger partial charge in [0.25, 0.3) is 5.91 Å². The monoisotopic (exact) mass is 221 g/mol. The first-order chi connectivity index (χ1) is 7.45. The van der Waals surface area contributed by atoms with Gasteiger partial charge in [-0.25, -0.2) is 0 Å². The van der Waals surface area contributed by atoms with Crippen molar-refractivity contribution < 1.29 is 14.3 Å². The molecule has 4 heteroatoms. The van der Waals surface area contributed by atoms with Gasteiger partial charge in [-0.2, -0.15) is 0 Å². The molecule has 0 spiro atoms. The Morgan fingerprint density at radius 1 is 1.19 bits per heavy atom. The fraction of sp³-hybridized carbons (Fsp3) is 0.333. The Kier molecular flexibility index (Phi) is 3.66. The number of carbonyl (C=O) groups excluding carboxylic acids is 2. The zero-order valence-electron chi connectivity index (χ0n) is 9.88. The van der Waals surface area contributed by atoms with E-state index in [0.717, 1.165) is 16.9 Å². The highest BCUT2D eigenvalue weighted by Gasteiger charge is 2.11. The number of carbonyl (C=O) groups is 2. The van der Waals surface area contributed by atoms with Gasteiger partial charge in [-0.15, -0.1) is 0 Å². The van der Waals surface area contributed by atoms with Crippen LogP contribution in [0, 0.1) is 13.8 Å². The third kappa shape index (κ3) is 2.59. The number of hydrogen-bond donors (Lipinski definition) is 1. The Balaban J connectivity index is 3.02. The van der Waals surface area contributed by atoms with Gasteiger partial charge in [0.15, 0.2) is 0 Å². The van der Waals surface area contributed by atoms with Crippen LogP contribution in [0.15, 0.2) is 12.1 Å². The molecular weight excluding hydrogens is 206 g/mol. The second-order valence-electron chi connectivity index (χ2n) is 3.65. The number of aryl methyl sites for hydroxylation is 2. The molecule has 0 atom stereocenters. The van der Waals surface area contributed by atoms with E-state index in [2.05, 4.69) is 5.32 Å². The van der Waals surface area contributed by atoms with Gasteiger partial charge in [-0.1, -0.05) is 0 Å². The maximum atomic E-state index is 11.2. The standard InChI is InChI=1S/C12H15NO3/c1-7-6-11(16-4)8(2)5-10(7)13-12(15)9(3)14/h5-6H,1-4H3,(H,13,15). The molecule has 86 valence electrons. The maximum absolute atomic E-state index is 11.2. The van der Waals surface area contributed by atoms with E-state index >= 15 is 0 Å². The quantitative estimate of drug-likeness (QED) is 0.792. The minimum Gasteiger partial charge on any atom is -0.496 e. The highest BCUT2D eigenvalue weighted by molar-refractivity contribution is 6.39. The van der Waals surface area contributed by atoms with E-state index in [4.69, 9.17) is 4.74 Å². The highest BCUT2D eigenvalue weighted by atomic mass is 16.5. The molecule has 0 aliphatic rings. The molecule has 0 aliphatic carbocycles. The third-order valence-corrected chi connectivity index (χ3v) is 2.31. The molecule has 1 amide bonds. The lowest BCUT2D eigenvalue weighted by Gasteiger charge is -2.11. The summed E-state index contributed by atoms with van der Waals surface area (Å²) >= 11 is 0. The highest BCUT2D eigenvalue weighted by Crippen LogP contribution is 2.25. The summed E-state index contributed by atoms with van der Waals surface area (Å²) in [5.41, 5.74) is 2.41. The lowest BCUT2D eigenvalue weighted by Crippen LogP contribution is -2.20. The Hall–Kier alpha value is -1.84. The van der Waals surface area contributed by atoms with Crippen molar-refractivity contribution >= 4 is 17.4 Å². The van der Waals surface area contributed by atoms with Crippen LogP contribution in [0.5, 0.6) is 5.75 Å². The molecule has 0 fully saturated rings. The molecule has 16 heavy (non-hydrogen) atoms. The van der Waals surface area contributed by atoms with Crippen molar-refractivity contribution in [3.05, 3.63) is 23.3 Å². The summed E-state index contributed by atoms with van der Waals surface area (Å²) in [6.45, 7) is 4.96. The second-order valence-corrected chi connectivity index (χ2v) is 3.65. The van der Waals surface area contributed by atoms with E-state index in [1.165, 1.54) is 6.92 Å². The Bertz CT molecular complexity index is 438. The average Bonchev–Trinajstić information content (AvgIpc) is 2.22. The van der Waals surface area contributed by atoms with Crippen LogP contribution in [0.25, 0.3) is 0 Å². The first-order valence-electron chi connectivity index (χ1n) is 4.93. The normalized spacial score (nSPS) is 9.75. The smallest absolute Gasteiger partial charge is 0.291 e. The molecule has 1 aromatic rings. The molecule has 1 rings (SSSR count). The van der Waals surface area contributed by atoms with E-state index in [9.17, 15) is 9.59 Å². The van der Waals surface area contributed by atoms with Crippen LogP contribution in [0.1, 0.15) is 18.1 Å². The van der Waals surface area contributed by atoms with Crippen LogP contribution in [0.3, 0.4) is 0 Å². The van der Waals surface area contributed by atoms with Crippen molar-refractivity contribution in [3.63, 3.8) is 0 Å². The molecular formula is C12H15NO3. The van der Waals surface area contributed by atoms with Gasteiger partial charge in [-0.05, 0) is 37.1 Å². The number of amides is 1. The van der Waals surface area contributed by atoms with Crippen molar-refractivity contribution in [1.29, 1.82) is 0 Å². The SMILES string of the molecule is COc1cc(C)c(NC(=O)C(C)=O)cc1C. The number of nitrogens with one attached hydrogen (secondary N) is 1. The Morgan fingerprint density at radius 3 is 2.31 bits per heavy atom. The van der Waals surface area contributed by atoms with Crippen LogP contribution in [-0.2, 0) is 9.59 Å². The first kappa shape index (κ1) is 12.2. The molecule has 1 aromatic carbocycles. The summed E-state index contributed by atoms with van der Waals surface area (Å²) in [5.74, 6) is -0.348. The second kappa shape index (κ2) is 4.79. The molecule has 0 saturated heterocycles. The van der Waals surface area contributed by atoms with Crippen molar-refractivity contribution in [2.24, 2.45) is 0 Å². The van der Waals surface area contributed by atoms with Crippen molar-refractivity contribution in [2.45, 2.75) is 20.8 Å². The van der Waals surface area contributed by atoms with Gasteiger partial charge in [0.2, 0.25) is 5.78 Å². The number of hydrogen-bond acceptors (Lipinski definition) is 3. The van der Waals surface area contributed by atoms with Crippen molar-refractivity contribution in [1.82, 2.24) is 0 Å². The molecule has 1 N–H and O–H groups in total. The van der Waals surface area contributed by atoms with Crippen LogP contribution in [0.2, 0.25) is 0 Å². The van der Waals surface area contributed by atoms with Crippen LogP contribution < -0.4 is 10.1 Å². The number of benzene rings is 1. The molecule has 0 unspecified atom stereocenters. The molecule has 0 aliphatic heterocycles. The average molecular weight is 221 g/mol. The van der Waals surface area contributed by atoms with Crippen molar-refractivity contribution in [3.8, 4) is 5.75 Å². The Morgan fingerprint density at radius 2 is 1.81 bits per heavy atom. The summed E-state index contributed by atoms with van der Waals surface area (Å²) in [5, 5.41) is 2.56. The van der Waals surface area contributed by atoms with Crippen molar-refractivity contribution in [2.75, 3.05) is 12.4 Å². The van der Waals surface area contributed by atoms with Gasteiger partial charge in [0.05, 0.1) is 7.11 Å². The van der Waals surface area contributed by atoms with E-state index in [0.29, 0.717) is 5.69 Å². The van der Waals surface area contributed by atoms with E-state index in [1.807, 2.05) is 19.9 Å². The number of anilines is 1. The lowest BCUT2D eigenvalue weighted by atomic mass is 10.1. The molecule has 0 heterocycles. The fourth-order valence-electron chi connectivity index (χ4n) is 1.35. The topological polar surface area (TPSA) is 55.4 Å². The number of ether oxygens (including phenoxy) is 1. The molecule has 0 saturated carbocycles. The molecule has 0 radical (unpaired) electrons. The van der Waals surface area contributed by atoms with Crippen LogP contribution >= 0.6 is 0 Å². The summed E-state index contributed by atoms with van der Waals surface area (Å²) in [6, 6.07) is 3.61. The number of rotatable bonds is 3. The molecule has 0 aromatic heterocycles. The zero-order chi connectivity index (χ0) is 12.3. The molecule has 0 bridgehead atoms. The lowest BCUT2D eigenvalue weighted by molar-refractivity contribution is -0.133. The number of Topliss-reactive ketones (excluding diaryl/α,β-unsaturated/α-hetero) is 1. The maximum Gasteiger partial charge on any atom is 0.291 e. The van der Waals surface area contributed by atoms with Crippen LogP contribution in [0.4, 0.5) is 5.69 Å². The van der Waals surface area contributed by atoms with E-state index in [1.54, 1.807) is 13.2 Å². The number of ketones is 1. The van der Waals surface area contributed by atoms with Gasteiger partial charge in [-0.3, -0.25) is 9.59 Å². The third-order valence-electron chi connectivity index (χ3n) is 2.31. The number of methoxy groups -OCH3 is 1. The summed E-state index contributed by atoms with van der Waals surface area (Å²) in [7, 11) is 1.59.